The number of nitrogens with zero attached hydrogens (tertiary/aromatic N) is 3. The molecule has 0 saturated carbocycles. The van der Waals surface area contributed by atoms with Crippen LogP contribution in [0.5, 0.6) is 0 Å². The van der Waals surface area contributed by atoms with Crippen molar-refractivity contribution in [3.05, 3.63) is 58.0 Å². The minimum Gasteiger partial charge on any atom is -0.477 e. The lowest BCUT2D eigenvalue weighted by Crippen LogP contribution is -2.33. The van der Waals surface area contributed by atoms with Gasteiger partial charge in [0.25, 0.3) is 25.8 Å². The molecule has 0 amide bonds. The first-order valence-electron chi connectivity index (χ1n) is 10.4. The van der Waals surface area contributed by atoms with Crippen molar-refractivity contribution in [2.75, 3.05) is 16.5 Å². The van der Waals surface area contributed by atoms with Crippen molar-refractivity contribution >= 4 is 60.7 Å². The van der Waals surface area contributed by atoms with E-state index in [-0.39, 0.29) is 11.4 Å². The van der Waals surface area contributed by atoms with Gasteiger partial charge >= 0.3 is 11.9 Å². The van der Waals surface area contributed by atoms with Crippen LogP contribution in [0.3, 0.4) is 0 Å². The minimum atomic E-state index is -5.12. The van der Waals surface area contributed by atoms with Gasteiger partial charge in [0.15, 0.2) is 11.7 Å². The lowest BCUT2D eigenvalue weighted by atomic mass is 10.00. The number of aromatic carboxylic acids is 1. The molecule has 18 nitrogen and oxygen atoms in total. The maximum Gasteiger partial charge on any atom is 0.360 e. The first-order chi connectivity index (χ1) is 18.4. The molecule has 2 aromatic carbocycles. The molecule has 0 aliphatic carbocycles. The summed E-state index contributed by atoms with van der Waals surface area (Å²) >= 11 is 0. The zero-order chi connectivity index (χ0) is 29.9. The van der Waals surface area contributed by atoms with E-state index in [1.54, 1.807) is 0 Å². The van der Waals surface area contributed by atoms with Gasteiger partial charge in [0.1, 0.15) is 9.79 Å². The third-order valence-electron chi connectivity index (χ3n) is 5.56. The second-order valence-corrected chi connectivity index (χ2v) is 10.9. The maximum atomic E-state index is 13.6. The van der Waals surface area contributed by atoms with Gasteiger partial charge in [-0.1, -0.05) is 0 Å². The number of nitrogens with two attached hydrogens (primary N) is 2. The molecule has 4 rings (SSSR count). The molecule has 1 aliphatic rings. The fraction of sp³-hybridized carbons (Fsp3) is 0.0500. The van der Waals surface area contributed by atoms with Gasteiger partial charge in [0.05, 0.1) is 16.9 Å². The number of carbonyl (C=O) groups is 3. The molecule has 0 spiro atoms. The molecule has 2 heterocycles. The van der Waals surface area contributed by atoms with Gasteiger partial charge in [-0.2, -0.15) is 21.9 Å². The number of nitrogens with one attached hydrogen (secondary N) is 1. The average molecular weight is 597 g/mol. The molecule has 40 heavy (non-hydrogen) atoms. The van der Waals surface area contributed by atoms with Crippen LogP contribution in [0.25, 0.3) is 5.69 Å². The van der Waals surface area contributed by atoms with Crippen molar-refractivity contribution in [1.29, 1.82) is 0 Å². The van der Waals surface area contributed by atoms with Crippen molar-refractivity contribution in [1.82, 2.24) is 9.78 Å². The van der Waals surface area contributed by atoms with Gasteiger partial charge in [0, 0.05) is 11.4 Å². The Hall–Kier alpha value is -5.05. The number of nitrogen functional groups attached to an aromatic ring is 2. The monoisotopic (exact) mass is 596 g/mol. The number of benzene rings is 2. The summed E-state index contributed by atoms with van der Waals surface area (Å²) in [6.07, 6.45) is 0. The highest BCUT2D eigenvalue weighted by Gasteiger charge is 2.46. The Bertz CT molecular complexity index is 1940. The molecule has 1 atom stereocenters. The van der Waals surface area contributed by atoms with Crippen LogP contribution in [-0.2, 0) is 29.8 Å². The molecule has 0 radical (unpaired) electrons. The number of carbonyl (C=O) groups excluding carboxylic acids is 1. The number of hydrogen-bond acceptors (Lipinski definition) is 12. The highest BCUT2D eigenvalue weighted by atomic mass is 32.2. The number of ketones is 1. The Morgan fingerprint density at radius 1 is 0.850 bits per heavy atom. The van der Waals surface area contributed by atoms with Crippen LogP contribution in [-0.4, -0.2) is 69.4 Å². The number of aliphatic carboxylic acids is 1. The molecule has 0 bridgehead atoms. The Kier molecular flexibility index (Phi) is 6.50. The first-order valence-corrected chi connectivity index (χ1v) is 13.3. The largest absolute Gasteiger partial charge is 0.477 e. The summed E-state index contributed by atoms with van der Waals surface area (Å²) in [7, 11) is -10.2. The van der Waals surface area contributed by atoms with Crippen molar-refractivity contribution < 1.29 is 50.5 Å². The van der Waals surface area contributed by atoms with E-state index < -0.39 is 87.7 Å². The van der Waals surface area contributed by atoms with Crippen molar-refractivity contribution in [2.45, 2.75) is 15.8 Å². The van der Waals surface area contributed by atoms with Gasteiger partial charge < -0.3 is 21.7 Å². The molecule has 210 valence electrons. The van der Waals surface area contributed by atoms with Crippen LogP contribution in [0.15, 0.2) is 56.1 Å². The summed E-state index contributed by atoms with van der Waals surface area (Å²) in [5.41, 5.74) is 4.80. The van der Waals surface area contributed by atoms with Gasteiger partial charge in [-0.3, -0.25) is 23.8 Å². The van der Waals surface area contributed by atoms with Gasteiger partial charge in [-0.25, -0.2) is 19.3 Å². The van der Waals surface area contributed by atoms with Crippen LogP contribution in [0.4, 0.5) is 17.1 Å². The SMILES string of the molecule is Nc1ccc(S(=O)(=O)O)c(-n2[nH]c(C(=O)O)c(C3C(=O)C(C(=O)O)=NN3c3ccc(N)cc3S(=O)(=O)O)c2=O)c1. The standard InChI is InChI=1S/C20H16N6O12S2/c21-7-2-4-11(39(33,34)35)10(5-7)26-18(28)13(14(23-26)19(29)30)16-17(27)15(20(31)32)24-25(16)9-3-1-8(22)6-12(9)40(36,37)38/h1-6,16,23H,21-22H2,(H,29,30)(H,31,32)(H,33,34,35)(H,36,37,38). The Morgan fingerprint density at radius 3 is 1.98 bits per heavy atom. The number of aromatic nitrogens is 2. The Balaban J connectivity index is 2.08. The number of hydrogen-bond donors (Lipinski definition) is 7. The molecular weight excluding hydrogens is 580 g/mol. The topological polar surface area (TPSA) is 306 Å². The lowest BCUT2D eigenvalue weighted by molar-refractivity contribution is -0.130. The van der Waals surface area contributed by atoms with Gasteiger partial charge in [-0.05, 0) is 36.4 Å². The normalized spacial score (nSPS) is 15.8. The summed E-state index contributed by atoms with van der Waals surface area (Å²) in [4.78, 5) is 48.8. The smallest absolute Gasteiger partial charge is 0.360 e. The second kappa shape index (κ2) is 9.30. The average Bonchev–Trinajstić information content (AvgIpc) is 3.34. The first kappa shape index (κ1) is 28.0. The van der Waals surface area contributed by atoms with Gasteiger partial charge in [-0.15, -0.1) is 0 Å². The fourth-order valence-electron chi connectivity index (χ4n) is 3.94. The van der Waals surface area contributed by atoms with E-state index in [9.17, 15) is 55.3 Å². The molecule has 1 aromatic heterocycles. The fourth-order valence-corrected chi connectivity index (χ4v) is 5.31. The highest BCUT2D eigenvalue weighted by Crippen LogP contribution is 2.38. The van der Waals surface area contributed by atoms with E-state index in [1.807, 2.05) is 0 Å². The molecule has 1 unspecified atom stereocenters. The molecular formula is C20H16N6O12S2. The summed E-state index contributed by atoms with van der Waals surface area (Å²) < 4.78 is 67.6. The van der Waals surface area contributed by atoms with Crippen molar-refractivity contribution in [3.63, 3.8) is 0 Å². The molecule has 1 aliphatic heterocycles. The van der Waals surface area contributed by atoms with Crippen molar-refractivity contribution in [3.8, 4) is 5.69 Å². The number of carboxylic acid groups (broad SMARTS) is 2. The second-order valence-electron chi connectivity index (χ2n) is 8.12. The number of aromatic amines is 1. The van der Waals surface area contributed by atoms with E-state index in [2.05, 4.69) is 10.2 Å². The van der Waals surface area contributed by atoms with E-state index in [4.69, 9.17) is 11.5 Å². The zero-order valence-electron chi connectivity index (χ0n) is 19.4. The lowest BCUT2D eigenvalue weighted by Gasteiger charge is -2.23. The van der Waals surface area contributed by atoms with Crippen LogP contribution in [0.1, 0.15) is 22.1 Å². The van der Waals surface area contributed by atoms with Gasteiger partial charge in [0.2, 0.25) is 11.5 Å². The minimum absolute atomic E-state index is 0.142. The van der Waals surface area contributed by atoms with E-state index >= 15 is 0 Å². The number of H-pyrrole nitrogens is 1. The molecule has 9 N–H and O–H groups in total. The number of rotatable bonds is 7. The van der Waals surface area contributed by atoms with Crippen LogP contribution >= 0.6 is 0 Å². The summed E-state index contributed by atoms with van der Waals surface area (Å²) in [6.45, 7) is 0. The molecule has 3 aromatic rings. The van der Waals surface area contributed by atoms with Crippen LogP contribution < -0.4 is 22.0 Å². The quantitative estimate of drug-likeness (QED) is 0.128. The third-order valence-corrected chi connectivity index (χ3v) is 7.34. The molecule has 0 fully saturated rings. The molecule has 0 saturated heterocycles. The summed E-state index contributed by atoms with van der Waals surface area (Å²) in [5, 5.41) is 25.4. The number of Topliss-reactive ketones (excluding diaryl/α,β-unsaturated/α-hetero) is 1. The highest BCUT2D eigenvalue weighted by molar-refractivity contribution is 7.86. The summed E-state index contributed by atoms with van der Waals surface area (Å²) in [5.74, 6) is -5.30. The number of anilines is 3. The predicted molar refractivity (Wildman–Crippen MR) is 134 cm³/mol. The molecule has 20 heteroatoms. The predicted octanol–water partition coefficient (Wildman–Crippen LogP) is -0.907. The van der Waals surface area contributed by atoms with Crippen LogP contribution in [0.2, 0.25) is 0 Å². The van der Waals surface area contributed by atoms with E-state index in [1.165, 1.54) is 0 Å². The van der Waals surface area contributed by atoms with Crippen molar-refractivity contribution in [2.24, 2.45) is 5.10 Å². The van der Waals surface area contributed by atoms with E-state index in [0.29, 0.717) is 9.69 Å². The maximum absolute atomic E-state index is 13.6. The summed E-state index contributed by atoms with van der Waals surface area (Å²) in [6, 6.07) is 3.19. The Labute approximate surface area is 222 Å². The third kappa shape index (κ3) is 4.66. The number of hydrazone groups is 1. The van der Waals surface area contributed by atoms with Crippen LogP contribution in [0, 0.1) is 0 Å². The zero-order valence-corrected chi connectivity index (χ0v) is 21.0. The Morgan fingerprint density at radius 2 is 1.43 bits per heavy atom. The number of carboxylic acids is 2. The van der Waals surface area contributed by atoms with E-state index in [0.717, 1.165) is 36.4 Å².